The first-order chi connectivity index (χ1) is 10.3. The third-order valence-electron chi connectivity index (χ3n) is 3.07. The van der Waals surface area contributed by atoms with E-state index in [1.807, 2.05) is 36.4 Å². The van der Waals surface area contributed by atoms with Crippen LogP contribution in [-0.4, -0.2) is 12.7 Å². The molecule has 5 nitrogen and oxygen atoms in total. The minimum Gasteiger partial charge on any atom is -0.454 e. The molecule has 2 aromatic rings. The van der Waals surface area contributed by atoms with Crippen molar-refractivity contribution in [1.82, 2.24) is 5.48 Å². The Labute approximate surface area is 122 Å². The maximum Gasteiger partial charge on any atom is 0.247 e. The molecule has 2 aromatic carbocycles. The molecule has 1 aliphatic heterocycles. The number of hydrogen-bond acceptors (Lipinski definition) is 4. The number of ether oxygens (including phenoxy) is 2. The molecular weight excluding hydrogens is 270 g/mol. The zero-order valence-electron chi connectivity index (χ0n) is 11.4. The summed E-state index contributed by atoms with van der Waals surface area (Å²) < 4.78 is 10.5. The number of benzene rings is 2. The Kier molecular flexibility index (Phi) is 4.02. The van der Waals surface area contributed by atoms with Gasteiger partial charge in [-0.25, -0.2) is 5.48 Å². The Morgan fingerprint density at radius 3 is 2.71 bits per heavy atom. The van der Waals surface area contributed by atoms with E-state index in [1.165, 1.54) is 0 Å². The number of carbonyl (C=O) groups excluding carboxylic acids is 1. The fraction of sp³-hybridized carbons (Fsp3) is 0.188. The molecule has 0 atom stereocenters. The maximum absolute atomic E-state index is 11.8. The highest BCUT2D eigenvalue weighted by molar-refractivity contribution is 5.77. The fourth-order valence-corrected chi connectivity index (χ4v) is 2.05. The second-order valence-electron chi connectivity index (χ2n) is 4.66. The zero-order chi connectivity index (χ0) is 14.5. The van der Waals surface area contributed by atoms with Crippen molar-refractivity contribution in [2.75, 3.05) is 6.79 Å². The molecule has 0 spiro atoms. The lowest BCUT2D eigenvalue weighted by molar-refractivity contribution is -0.133. The van der Waals surface area contributed by atoms with Crippen molar-refractivity contribution in [3.05, 3.63) is 59.7 Å². The zero-order valence-corrected chi connectivity index (χ0v) is 11.4. The maximum atomic E-state index is 11.8. The van der Waals surface area contributed by atoms with Gasteiger partial charge < -0.3 is 9.47 Å². The van der Waals surface area contributed by atoms with Crippen molar-refractivity contribution in [2.24, 2.45) is 0 Å². The molecule has 21 heavy (non-hydrogen) atoms. The molecule has 0 unspecified atom stereocenters. The van der Waals surface area contributed by atoms with Gasteiger partial charge in [0.2, 0.25) is 12.7 Å². The largest absolute Gasteiger partial charge is 0.454 e. The summed E-state index contributed by atoms with van der Waals surface area (Å²) in [5, 5.41) is 0. The first-order valence-corrected chi connectivity index (χ1v) is 6.64. The van der Waals surface area contributed by atoms with Gasteiger partial charge in [-0.2, -0.15) is 0 Å². The van der Waals surface area contributed by atoms with Gasteiger partial charge in [0.25, 0.3) is 0 Å². The first kappa shape index (κ1) is 13.5. The highest BCUT2D eigenvalue weighted by Gasteiger charge is 2.14. The van der Waals surface area contributed by atoms with Gasteiger partial charge in [-0.05, 0) is 23.3 Å². The number of carbonyl (C=O) groups is 1. The van der Waals surface area contributed by atoms with Crippen LogP contribution in [0.3, 0.4) is 0 Å². The summed E-state index contributed by atoms with van der Waals surface area (Å²) >= 11 is 0. The average molecular weight is 285 g/mol. The normalized spacial score (nSPS) is 12.2. The molecule has 0 saturated heterocycles. The van der Waals surface area contributed by atoms with Gasteiger partial charge in [-0.1, -0.05) is 36.4 Å². The molecule has 0 fully saturated rings. The number of hydrogen-bond donors (Lipinski definition) is 1. The van der Waals surface area contributed by atoms with Crippen LogP contribution in [0.4, 0.5) is 0 Å². The van der Waals surface area contributed by atoms with E-state index in [0.29, 0.717) is 18.1 Å². The van der Waals surface area contributed by atoms with E-state index in [2.05, 4.69) is 5.48 Å². The summed E-state index contributed by atoms with van der Waals surface area (Å²) in [4.78, 5) is 17.0. The SMILES string of the molecule is O=C(Cc1ccc2c(c1)OCO2)NOCc1ccccc1. The molecule has 0 bridgehead atoms. The van der Waals surface area contributed by atoms with Gasteiger partial charge in [-0.15, -0.1) is 0 Å². The molecule has 108 valence electrons. The second kappa shape index (κ2) is 6.28. The summed E-state index contributed by atoms with van der Waals surface area (Å²) in [6.45, 7) is 0.568. The van der Waals surface area contributed by atoms with Crippen LogP contribution in [0.15, 0.2) is 48.5 Å². The van der Waals surface area contributed by atoms with Gasteiger partial charge in [0.15, 0.2) is 11.5 Å². The summed E-state index contributed by atoms with van der Waals surface area (Å²) in [5.74, 6) is 1.18. The first-order valence-electron chi connectivity index (χ1n) is 6.64. The predicted molar refractivity (Wildman–Crippen MR) is 75.6 cm³/mol. The summed E-state index contributed by atoms with van der Waals surface area (Å²) in [6.07, 6.45) is 0.228. The van der Waals surface area contributed by atoms with E-state index >= 15 is 0 Å². The topological polar surface area (TPSA) is 56.8 Å². The minimum atomic E-state index is -0.204. The van der Waals surface area contributed by atoms with Crippen molar-refractivity contribution in [3.8, 4) is 11.5 Å². The molecular formula is C16H15NO4. The Bertz CT molecular complexity index is 627. The average Bonchev–Trinajstić information content (AvgIpc) is 2.96. The molecule has 0 aliphatic carbocycles. The number of nitrogens with one attached hydrogen (secondary N) is 1. The van der Waals surface area contributed by atoms with E-state index in [-0.39, 0.29) is 19.1 Å². The van der Waals surface area contributed by atoms with Crippen LogP contribution in [0.1, 0.15) is 11.1 Å². The van der Waals surface area contributed by atoms with E-state index in [1.54, 1.807) is 12.1 Å². The smallest absolute Gasteiger partial charge is 0.247 e. The Morgan fingerprint density at radius 2 is 1.86 bits per heavy atom. The van der Waals surface area contributed by atoms with Crippen LogP contribution in [0.2, 0.25) is 0 Å². The molecule has 5 heteroatoms. The lowest BCUT2D eigenvalue weighted by Gasteiger charge is -2.06. The van der Waals surface area contributed by atoms with Crippen molar-refractivity contribution in [3.63, 3.8) is 0 Å². The van der Waals surface area contributed by atoms with E-state index < -0.39 is 0 Å². The highest BCUT2D eigenvalue weighted by Crippen LogP contribution is 2.32. The van der Waals surface area contributed by atoms with E-state index in [4.69, 9.17) is 14.3 Å². The molecule has 0 aromatic heterocycles. The summed E-state index contributed by atoms with van der Waals surface area (Å²) in [5.41, 5.74) is 4.28. The molecule has 1 amide bonds. The van der Waals surface area contributed by atoms with Crippen LogP contribution in [0, 0.1) is 0 Å². The van der Waals surface area contributed by atoms with Gasteiger partial charge in [0.1, 0.15) is 0 Å². The molecule has 1 heterocycles. The predicted octanol–water partition coefficient (Wildman–Crippen LogP) is 2.21. The second-order valence-corrected chi connectivity index (χ2v) is 4.66. The lowest BCUT2D eigenvalue weighted by Crippen LogP contribution is -2.25. The van der Waals surface area contributed by atoms with Crippen LogP contribution in [0.5, 0.6) is 11.5 Å². The molecule has 0 radical (unpaired) electrons. The molecule has 3 rings (SSSR count). The van der Waals surface area contributed by atoms with Gasteiger partial charge in [0.05, 0.1) is 13.0 Å². The number of rotatable bonds is 5. The van der Waals surface area contributed by atoms with Gasteiger partial charge in [-0.3, -0.25) is 9.63 Å². The lowest BCUT2D eigenvalue weighted by atomic mass is 10.1. The highest BCUT2D eigenvalue weighted by atomic mass is 16.7. The molecule has 0 saturated carbocycles. The van der Waals surface area contributed by atoms with E-state index in [9.17, 15) is 4.79 Å². The standard InChI is InChI=1S/C16H15NO4/c18-16(17-21-10-12-4-2-1-3-5-12)9-13-6-7-14-15(8-13)20-11-19-14/h1-8H,9-11H2,(H,17,18). The van der Waals surface area contributed by atoms with Crippen LogP contribution in [0.25, 0.3) is 0 Å². The summed E-state index contributed by atoms with van der Waals surface area (Å²) in [7, 11) is 0. The molecule has 1 aliphatic rings. The fourth-order valence-electron chi connectivity index (χ4n) is 2.05. The number of amides is 1. The Balaban J connectivity index is 1.48. The number of fused-ring (bicyclic) bond motifs is 1. The molecule has 1 N–H and O–H groups in total. The quantitative estimate of drug-likeness (QED) is 0.856. The van der Waals surface area contributed by atoms with Crippen molar-refractivity contribution < 1.29 is 19.1 Å². The monoisotopic (exact) mass is 285 g/mol. The Morgan fingerprint density at radius 1 is 1.05 bits per heavy atom. The van der Waals surface area contributed by atoms with Crippen molar-refractivity contribution in [2.45, 2.75) is 13.0 Å². The third kappa shape index (κ3) is 3.52. The Hall–Kier alpha value is -2.53. The third-order valence-corrected chi connectivity index (χ3v) is 3.07. The van der Waals surface area contributed by atoms with Crippen LogP contribution >= 0.6 is 0 Å². The minimum absolute atomic E-state index is 0.204. The van der Waals surface area contributed by atoms with Crippen LogP contribution in [-0.2, 0) is 22.7 Å². The van der Waals surface area contributed by atoms with Crippen molar-refractivity contribution in [1.29, 1.82) is 0 Å². The van der Waals surface area contributed by atoms with Gasteiger partial charge >= 0.3 is 0 Å². The van der Waals surface area contributed by atoms with Crippen LogP contribution < -0.4 is 15.0 Å². The van der Waals surface area contributed by atoms with E-state index in [0.717, 1.165) is 11.1 Å². The van der Waals surface area contributed by atoms with Gasteiger partial charge in [0, 0.05) is 0 Å². The number of hydroxylamine groups is 1. The van der Waals surface area contributed by atoms with Crippen molar-refractivity contribution >= 4 is 5.91 Å². The summed E-state index contributed by atoms with van der Waals surface area (Å²) in [6, 6.07) is 15.1.